The van der Waals surface area contributed by atoms with Crippen molar-refractivity contribution in [2.24, 2.45) is 0 Å². The summed E-state index contributed by atoms with van der Waals surface area (Å²) >= 11 is 0. The lowest BCUT2D eigenvalue weighted by Crippen LogP contribution is -2.07. The number of rotatable bonds is 3. The first-order chi connectivity index (χ1) is 9.81. The lowest BCUT2D eigenvalue weighted by atomic mass is 10.2. The van der Waals surface area contributed by atoms with Gasteiger partial charge in [-0.05, 0) is 36.4 Å². The van der Waals surface area contributed by atoms with Gasteiger partial charge in [-0.15, -0.1) is 0 Å². The fourth-order valence-corrected chi connectivity index (χ4v) is 1.83. The number of fused-ring (bicyclic) bond motifs is 1. The molecule has 2 N–H and O–H groups in total. The quantitative estimate of drug-likeness (QED) is 0.714. The van der Waals surface area contributed by atoms with Crippen LogP contribution in [0.15, 0.2) is 54.9 Å². The van der Waals surface area contributed by atoms with Crippen LogP contribution in [0.4, 0.5) is 5.69 Å². The number of nitrogens with one attached hydrogen (secondary N) is 2. The molecule has 1 aromatic carbocycles. The fourth-order valence-electron chi connectivity index (χ4n) is 1.83. The number of aromatic nitrogens is 3. The van der Waals surface area contributed by atoms with Crippen molar-refractivity contribution in [1.82, 2.24) is 15.2 Å². The van der Waals surface area contributed by atoms with Gasteiger partial charge in [0.2, 0.25) is 5.91 Å². The van der Waals surface area contributed by atoms with Crippen molar-refractivity contribution in [3.63, 3.8) is 0 Å². The highest BCUT2D eigenvalue weighted by Crippen LogP contribution is 2.16. The molecule has 0 aliphatic carbocycles. The molecular formula is C15H12N4O. The molecule has 2 heterocycles. The number of aromatic amines is 1. The molecule has 0 aliphatic rings. The SMILES string of the molecule is O=C(C=Cc1ccccn1)Nc1ccc2cn[nH]c2c1. The van der Waals surface area contributed by atoms with Crippen LogP contribution in [0.25, 0.3) is 17.0 Å². The number of pyridine rings is 1. The van der Waals surface area contributed by atoms with Crippen LogP contribution >= 0.6 is 0 Å². The van der Waals surface area contributed by atoms with Gasteiger partial charge in [0.25, 0.3) is 0 Å². The van der Waals surface area contributed by atoms with Gasteiger partial charge in [-0.1, -0.05) is 6.07 Å². The smallest absolute Gasteiger partial charge is 0.248 e. The summed E-state index contributed by atoms with van der Waals surface area (Å²) in [6, 6.07) is 11.1. The fraction of sp³-hybridized carbons (Fsp3) is 0. The van der Waals surface area contributed by atoms with Crippen LogP contribution in [-0.4, -0.2) is 21.1 Å². The van der Waals surface area contributed by atoms with E-state index in [0.29, 0.717) is 0 Å². The molecule has 0 saturated carbocycles. The molecule has 5 heteroatoms. The molecule has 0 bridgehead atoms. The van der Waals surface area contributed by atoms with E-state index < -0.39 is 0 Å². The molecule has 0 unspecified atom stereocenters. The second-order valence-corrected chi connectivity index (χ2v) is 4.25. The minimum atomic E-state index is -0.200. The molecule has 0 atom stereocenters. The van der Waals surface area contributed by atoms with E-state index in [1.54, 1.807) is 18.5 Å². The summed E-state index contributed by atoms with van der Waals surface area (Å²) in [5.41, 5.74) is 2.35. The number of nitrogens with zero attached hydrogens (tertiary/aromatic N) is 2. The van der Waals surface area contributed by atoms with Gasteiger partial charge in [-0.3, -0.25) is 14.9 Å². The number of amides is 1. The van der Waals surface area contributed by atoms with Crippen LogP contribution in [0.2, 0.25) is 0 Å². The molecule has 0 aliphatic heterocycles. The van der Waals surface area contributed by atoms with Crippen molar-refractivity contribution in [3.05, 3.63) is 60.6 Å². The topological polar surface area (TPSA) is 70.7 Å². The Balaban J connectivity index is 1.70. The van der Waals surface area contributed by atoms with E-state index in [1.807, 2.05) is 36.4 Å². The molecule has 1 amide bonds. The van der Waals surface area contributed by atoms with Crippen molar-refractivity contribution >= 4 is 28.6 Å². The zero-order chi connectivity index (χ0) is 13.8. The molecule has 3 rings (SSSR count). The van der Waals surface area contributed by atoms with Crippen molar-refractivity contribution < 1.29 is 4.79 Å². The molecule has 2 aromatic heterocycles. The molecule has 0 saturated heterocycles. The Labute approximate surface area is 115 Å². The molecule has 0 spiro atoms. The maximum Gasteiger partial charge on any atom is 0.248 e. The molecule has 0 fully saturated rings. The second kappa shape index (κ2) is 5.36. The normalized spacial score (nSPS) is 11.0. The maximum absolute atomic E-state index is 11.8. The third-order valence-electron chi connectivity index (χ3n) is 2.80. The average Bonchev–Trinajstić information content (AvgIpc) is 2.94. The number of anilines is 1. The summed E-state index contributed by atoms with van der Waals surface area (Å²) in [6.45, 7) is 0. The summed E-state index contributed by atoms with van der Waals surface area (Å²) < 4.78 is 0. The Morgan fingerprint density at radius 1 is 1.25 bits per heavy atom. The Morgan fingerprint density at radius 2 is 2.20 bits per heavy atom. The highest BCUT2D eigenvalue weighted by atomic mass is 16.1. The molecule has 98 valence electrons. The largest absolute Gasteiger partial charge is 0.322 e. The number of H-pyrrole nitrogens is 1. The number of carbonyl (C=O) groups excluding carboxylic acids is 1. The van der Waals surface area contributed by atoms with Gasteiger partial charge in [0.1, 0.15) is 0 Å². The van der Waals surface area contributed by atoms with Crippen molar-refractivity contribution in [2.75, 3.05) is 5.32 Å². The number of benzene rings is 1. The van der Waals surface area contributed by atoms with E-state index >= 15 is 0 Å². The van der Waals surface area contributed by atoms with E-state index in [1.165, 1.54) is 6.08 Å². The average molecular weight is 264 g/mol. The highest BCUT2D eigenvalue weighted by Gasteiger charge is 2.00. The van der Waals surface area contributed by atoms with E-state index in [2.05, 4.69) is 20.5 Å². The Kier molecular flexibility index (Phi) is 3.24. The summed E-state index contributed by atoms with van der Waals surface area (Å²) in [5, 5.41) is 10.6. The lowest BCUT2D eigenvalue weighted by molar-refractivity contribution is -0.111. The van der Waals surface area contributed by atoms with Gasteiger partial charge < -0.3 is 5.32 Å². The molecule has 3 aromatic rings. The van der Waals surface area contributed by atoms with Crippen molar-refractivity contribution in [3.8, 4) is 0 Å². The van der Waals surface area contributed by atoms with Gasteiger partial charge >= 0.3 is 0 Å². The molecular weight excluding hydrogens is 252 g/mol. The maximum atomic E-state index is 11.8. The van der Waals surface area contributed by atoms with E-state index in [0.717, 1.165) is 22.3 Å². The number of hydrogen-bond donors (Lipinski definition) is 2. The summed E-state index contributed by atoms with van der Waals surface area (Å²) in [7, 11) is 0. The van der Waals surface area contributed by atoms with Crippen LogP contribution in [-0.2, 0) is 4.79 Å². The Bertz CT molecular complexity index is 762. The standard InChI is InChI=1S/C15H12N4O/c20-15(7-6-12-3-1-2-8-16-12)18-13-5-4-11-10-17-19-14(11)9-13/h1-10H,(H,17,19)(H,18,20). The Hall–Kier alpha value is -2.95. The second-order valence-electron chi connectivity index (χ2n) is 4.25. The minimum Gasteiger partial charge on any atom is -0.322 e. The first-order valence-corrected chi connectivity index (χ1v) is 6.14. The summed E-state index contributed by atoms with van der Waals surface area (Å²) in [5.74, 6) is -0.200. The van der Waals surface area contributed by atoms with Gasteiger partial charge in [0.05, 0.1) is 17.4 Å². The van der Waals surface area contributed by atoms with E-state index in [-0.39, 0.29) is 5.91 Å². The summed E-state index contributed by atoms with van der Waals surface area (Å²) in [6.07, 6.45) is 6.55. The van der Waals surface area contributed by atoms with Crippen LogP contribution in [0, 0.1) is 0 Å². The van der Waals surface area contributed by atoms with Gasteiger partial charge in [-0.2, -0.15) is 5.10 Å². The van der Waals surface area contributed by atoms with Crippen LogP contribution in [0.3, 0.4) is 0 Å². The number of hydrogen-bond acceptors (Lipinski definition) is 3. The predicted octanol–water partition coefficient (Wildman–Crippen LogP) is 2.61. The summed E-state index contributed by atoms with van der Waals surface area (Å²) in [4.78, 5) is 15.9. The van der Waals surface area contributed by atoms with Crippen LogP contribution < -0.4 is 5.32 Å². The zero-order valence-corrected chi connectivity index (χ0v) is 10.6. The van der Waals surface area contributed by atoms with Gasteiger partial charge in [-0.25, -0.2) is 0 Å². The third kappa shape index (κ3) is 2.72. The monoisotopic (exact) mass is 264 g/mol. The van der Waals surface area contributed by atoms with Gasteiger partial charge in [0.15, 0.2) is 0 Å². The number of carbonyl (C=O) groups is 1. The third-order valence-corrected chi connectivity index (χ3v) is 2.80. The van der Waals surface area contributed by atoms with Crippen molar-refractivity contribution in [1.29, 1.82) is 0 Å². The highest BCUT2D eigenvalue weighted by molar-refractivity contribution is 6.02. The lowest BCUT2D eigenvalue weighted by Gasteiger charge is -2.01. The van der Waals surface area contributed by atoms with Crippen LogP contribution in [0.5, 0.6) is 0 Å². The van der Waals surface area contributed by atoms with Crippen LogP contribution in [0.1, 0.15) is 5.69 Å². The first-order valence-electron chi connectivity index (χ1n) is 6.14. The van der Waals surface area contributed by atoms with E-state index in [9.17, 15) is 4.79 Å². The van der Waals surface area contributed by atoms with E-state index in [4.69, 9.17) is 0 Å². The first kappa shape index (κ1) is 12.1. The Morgan fingerprint density at radius 3 is 3.05 bits per heavy atom. The molecule has 20 heavy (non-hydrogen) atoms. The predicted molar refractivity (Wildman–Crippen MR) is 78.0 cm³/mol. The van der Waals surface area contributed by atoms with Gasteiger partial charge in [0, 0.05) is 23.3 Å². The molecule has 0 radical (unpaired) electrons. The van der Waals surface area contributed by atoms with Crippen molar-refractivity contribution in [2.45, 2.75) is 0 Å². The zero-order valence-electron chi connectivity index (χ0n) is 10.6. The minimum absolute atomic E-state index is 0.200. The molecule has 5 nitrogen and oxygen atoms in total.